The molecule has 20 heavy (non-hydrogen) atoms. The Bertz CT molecular complexity index is 431. The fraction of sp³-hybridized carbons (Fsp3) is 0.429. The van der Waals surface area contributed by atoms with Crippen molar-refractivity contribution in [2.45, 2.75) is 26.3 Å². The molecule has 0 heterocycles. The fourth-order valence-electron chi connectivity index (χ4n) is 1.53. The van der Waals surface area contributed by atoms with Crippen LogP contribution in [0.1, 0.15) is 35.7 Å². The molecule has 0 aliphatic heterocycles. The smallest absolute Gasteiger partial charge is 0.251 e. The molecule has 0 saturated carbocycles. The third-order valence-corrected chi connectivity index (χ3v) is 2.71. The minimum Gasteiger partial charge on any atom is -0.370 e. The van der Waals surface area contributed by atoms with E-state index in [1.807, 2.05) is 12.1 Å². The van der Waals surface area contributed by atoms with Crippen molar-refractivity contribution in [3.63, 3.8) is 0 Å². The van der Waals surface area contributed by atoms with Crippen LogP contribution in [-0.4, -0.2) is 25.5 Å². The van der Waals surface area contributed by atoms with E-state index in [0.717, 1.165) is 24.9 Å². The number of amides is 1. The predicted molar refractivity (Wildman–Crippen MR) is 93.5 cm³/mol. The number of nitrogens with two attached hydrogens (primary N) is 1. The van der Waals surface area contributed by atoms with Crippen LogP contribution < -0.4 is 16.4 Å². The molecule has 0 radical (unpaired) electrons. The lowest BCUT2D eigenvalue weighted by molar-refractivity contribution is 0.0963. The number of carbonyl (C=O) groups excluding carboxylic acids is 1. The maximum absolute atomic E-state index is 11.4. The molecule has 0 saturated heterocycles. The highest BCUT2D eigenvalue weighted by Crippen LogP contribution is 2.05. The molecule has 0 aliphatic rings. The largest absolute Gasteiger partial charge is 0.370 e. The van der Waals surface area contributed by atoms with Gasteiger partial charge in [0.15, 0.2) is 5.96 Å². The van der Waals surface area contributed by atoms with Crippen LogP contribution in [0.15, 0.2) is 29.3 Å². The van der Waals surface area contributed by atoms with Crippen LogP contribution in [-0.2, 0) is 6.54 Å². The summed E-state index contributed by atoms with van der Waals surface area (Å²) >= 11 is 0. The molecule has 0 atom stereocenters. The Morgan fingerprint density at radius 3 is 2.50 bits per heavy atom. The number of rotatable bonds is 6. The van der Waals surface area contributed by atoms with Gasteiger partial charge in [0.25, 0.3) is 5.91 Å². The molecule has 0 unspecified atom stereocenters. The number of hydrogen-bond acceptors (Lipinski definition) is 2. The van der Waals surface area contributed by atoms with Gasteiger partial charge in [0.1, 0.15) is 0 Å². The zero-order valence-electron chi connectivity index (χ0n) is 12.0. The van der Waals surface area contributed by atoms with Crippen LogP contribution in [0, 0.1) is 0 Å². The molecule has 0 aliphatic carbocycles. The molecule has 1 aromatic rings. The molecule has 0 spiro atoms. The summed E-state index contributed by atoms with van der Waals surface area (Å²) in [6.07, 6.45) is 2.21. The second-order valence-corrected chi connectivity index (χ2v) is 4.26. The standard InChI is InChI=1S/C14H22N4O.HI/c1-3-4-9-17-14(15)18-10-11-5-7-12(8-6-11)13(19)16-2;/h5-8H,3-4,9-10H2,1-2H3,(H,16,19)(H3,15,17,18);1H. The van der Waals surface area contributed by atoms with Crippen LogP contribution in [0.25, 0.3) is 0 Å². The molecule has 6 heteroatoms. The first kappa shape index (κ1) is 18.7. The fourth-order valence-corrected chi connectivity index (χ4v) is 1.53. The predicted octanol–water partition coefficient (Wildman–Crippen LogP) is 1.87. The van der Waals surface area contributed by atoms with Crippen molar-refractivity contribution in [2.24, 2.45) is 10.7 Å². The number of nitrogens with zero attached hydrogens (tertiary/aromatic N) is 1. The molecular formula is C14H23IN4O. The highest BCUT2D eigenvalue weighted by Gasteiger charge is 2.01. The lowest BCUT2D eigenvalue weighted by Gasteiger charge is -2.05. The van der Waals surface area contributed by atoms with E-state index in [2.05, 4.69) is 22.5 Å². The second kappa shape index (κ2) is 10.5. The van der Waals surface area contributed by atoms with Crippen molar-refractivity contribution < 1.29 is 4.79 Å². The summed E-state index contributed by atoms with van der Waals surface area (Å²) in [6.45, 7) is 3.49. The number of carbonyl (C=O) groups is 1. The van der Waals surface area contributed by atoms with Gasteiger partial charge in [0.2, 0.25) is 0 Å². The van der Waals surface area contributed by atoms with Gasteiger partial charge >= 0.3 is 0 Å². The number of guanidine groups is 1. The van der Waals surface area contributed by atoms with Crippen molar-refractivity contribution >= 4 is 35.8 Å². The first-order valence-electron chi connectivity index (χ1n) is 6.52. The Labute approximate surface area is 137 Å². The number of nitrogens with one attached hydrogen (secondary N) is 2. The number of benzene rings is 1. The van der Waals surface area contributed by atoms with Gasteiger partial charge in [-0.05, 0) is 24.1 Å². The zero-order valence-corrected chi connectivity index (χ0v) is 14.3. The summed E-state index contributed by atoms with van der Waals surface area (Å²) in [5, 5.41) is 5.64. The Morgan fingerprint density at radius 2 is 1.95 bits per heavy atom. The van der Waals surface area contributed by atoms with Crippen LogP contribution in [0.4, 0.5) is 0 Å². The van der Waals surface area contributed by atoms with Crippen LogP contribution in [0.5, 0.6) is 0 Å². The van der Waals surface area contributed by atoms with Crippen molar-refractivity contribution in [1.82, 2.24) is 10.6 Å². The van der Waals surface area contributed by atoms with Crippen molar-refractivity contribution in [3.05, 3.63) is 35.4 Å². The topological polar surface area (TPSA) is 79.5 Å². The maximum atomic E-state index is 11.4. The lowest BCUT2D eigenvalue weighted by Crippen LogP contribution is -2.32. The number of hydrogen-bond donors (Lipinski definition) is 3. The minimum absolute atomic E-state index is 0. The summed E-state index contributed by atoms with van der Waals surface area (Å²) in [5.74, 6) is 0.375. The Morgan fingerprint density at radius 1 is 1.30 bits per heavy atom. The molecule has 1 rings (SSSR count). The van der Waals surface area contributed by atoms with E-state index in [-0.39, 0.29) is 29.9 Å². The number of halogens is 1. The van der Waals surface area contributed by atoms with Crippen LogP contribution in [0.2, 0.25) is 0 Å². The monoisotopic (exact) mass is 390 g/mol. The Hall–Kier alpha value is -1.31. The maximum Gasteiger partial charge on any atom is 0.251 e. The van der Waals surface area contributed by atoms with Gasteiger partial charge in [0.05, 0.1) is 6.54 Å². The average molecular weight is 390 g/mol. The van der Waals surface area contributed by atoms with Gasteiger partial charge in [-0.25, -0.2) is 4.99 Å². The van der Waals surface area contributed by atoms with Crippen molar-refractivity contribution in [1.29, 1.82) is 0 Å². The molecule has 1 amide bonds. The highest BCUT2D eigenvalue weighted by molar-refractivity contribution is 14.0. The van der Waals surface area contributed by atoms with E-state index in [4.69, 9.17) is 5.73 Å². The average Bonchev–Trinajstić information content (AvgIpc) is 2.45. The van der Waals surface area contributed by atoms with E-state index in [1.54, 1.807) is 19.2 Å². The third-order valence-electron chi connectivity index (χ3n) is 2.71. The zero-order chi connectivity index (χ0) is 14.1. The number of aliphatic imine (C=N–C) groups is 1. The van der Waals surface area contributed by atoms with Gasteiger partial charge in [-0.3, -0.25) is 4.79 Å². The van der Waals surface area contributed by atoms with Crippen molar-refractivity contribution in [2.75, 3.05) is 13.6 Å². The van der Waals surface area contributed by atoms with E-state index in [0.29, 0.717) is 18.1 Å². The van der Waals surface area contributed by atoms with Gasteiger partial charge in [0, 0.05) is 19.2 Å². The normalized spacial score (nSPS) is 10.6. The molecule has 0 aromatic heterocycles. The summed E-state index contributed by atoms with van der Waals surface area (Å²) in [7, 11) is 1.61. The second-order valence-electron chi connectivity index (χ2n) is 4.26. The quantitative estimate of drug-likeness (QED) is 0.300. The molecule has 0 bridgehead atoms. The molecular weight excluding hydrogens is 367 g/mol. The molecule has 4 N–H and O–H groups in total. The first-order valence-corrected chi connectivity index (χ1v) is 6.52. The molecule has 1 aromatic carbocycles. The molecule has 0 fully saturated rings. The Balaban J connectivity index is 0.00000361. The van der Waals surface area contributed by atoms with Gasteiger partial charge in [-0.15, -0.1) is 24.0 Å². The minimum atomic E-state index is -0.0872. The third kappa shape index (κ3) is 6.74. The SMILES string of the molecule is CCCCNC(N)=NCc1ccc(C(=O)NC)cc1.I. The van der Waals surface area contributed by atoms with E-state index in [9.17, 15) is 4.79 Å². The van der Waals surface area contributed by atoms with Crippen LogP contribution >= 0.6 is 24.0 Å². The highest BCUT2D eigenvalue weighted by atomic mass is 127. The lowest BCUT2D eigenvalue weighted by atomic mass is 10.1. The first-order chi connectivity index (χ1) is 9.17. The van der Waals surface area contributed by atoms with Gasteiger partial charge < -0.3 is 16.4 Å². The Kier molecular flexibility index (Phi) is 9.79. The van der Waals surface area contributed by atoms with Gasteiger partial charge in [-0.1, -0.05) is 25.5 Å². The van der Waals surface area contributed by atoms with Crippen molar-refractivity contribution in [3.8, 4) is 0 Å². The van der Waals surface area contributed by atoms with E-state index < -0.39 is 0 Å². The van der Waals surface area contributed by atoms with E-state index >= 15 is 0 Å². The van der Waals surface area contributed by atoms with Crippen LogP contribution in [0.3, 0.4) is 0 Å². The summed E-state index contributed by atoms with van der Waals surface area (Å²) < 4.78 is 0. The molecule has 112 valence electrons. The number of unbranched alkanes of at least 4 members (excludes halogenated alkanes) is 1. The summed E-state index contributed by atoms with van der Waals surface area (Å²) in [4.78, 5) is 15.6. The summed E-state index contributed by atoms with van der Waals surface area (Å²) in [6, 6.07) is 7.33. The van der Waals surface area contributed by atoms with E-state index in [1.165, 1.54) is 0 Å². The van der Waals surface area contributed by atoms with Gasteiger partial charge in [-0.2, -0.15) is 0 Å². The summed E-state index contributed by atoms with van der Waals surface area (Å²) in [5.41, 5.74) is 7.40. The molecule has 5 nitrogen and oxygen atoms in total.